The SMILES string of the molecule is CCON1c2cc(C(F)(F)F)ccc2N(C)C1c1nc(C)ccc1N1CCOC1=O. The molecule has 4 rings (SSSR count). The van der Waals surface area contributed by atoms with Gasteiger partial charge in [-0.15, -0.1) is 0 Å². The maximum absolute atomic E-state index is 13.3. The number of fused-ring (bicyclic) bond motifs is 1. The lowest BCUT2D eigenvalue weighted by atomic mass is 10.1. The number of hydroxylamine groups is 1. The third-order valence-corrected chi connectivity index (χ3v) is 5.12. The number of alkyl halides is 3. The van der Waals surface area contributed by atoms with Crippen molar-refractivity contribution in [1.29, 1.82) is 0 Å². The predicted octanol–water partition coefficient (Wildman–Crippen LogP) is 4.27. The number of hydrogen-bond acceptors (Lipinski definition) is 6. The Labute approximate surface area is 171 Å². The second kappa shape index (κ2) is 7.35. The van der Waals surface area contributed by atoms with Gasteiger partial charge in [-0.25, -0.2) is 9.86 Å². The molecule has 1 atom stereocenters. The van der Waals surface area contributed by atoms with E-state index in [0.29, 0.717) is 29.3 Å². The lowest BCUT2D eigenvalue weighted by molar-refractivity contribution is -0.137. The summed E-state index contributed by atoms with van der Waals surface area (Å²) in [5, 5.41) is 1.43. The van der Waals surface area contributed by atoms with Crippen molar-refractivity contribution in [3.8, 4) is 0 Å². The van der Waals surface area contributed by atoms with Gasteiger partial charge >= 0.3 is 12.3 Å². The van der Waals surface area contributed by atoms with Gasteiger partial charge in [0.1, 0.15) is 12.3 Å². The van der Waals surface area contributed by atoms with Crippen molar-refractivity contribution in [2.75, 3.05) is 41.7 Å². The number of hydrogen-bond donors (Lipinski definition) is 0. The van der Waals surface area contributed by atoms with Crippen LogP contribution in [0.1, 0.15) is 30.0 Å². The minimum Gasteiger partial charge on any atom is -0.447 e. The molecule has 30 heavy (non-hydrogen) atoms. The molecule has 1 aromatic heterocycles. The number of pyridine rings is 1. The van der Waals surface area contributed by atoms with Crippen molar-refractivity contribution in [2.45, 2.75) is 26.2 Å². The van der Waals surface area contributed by atoms with Crippen LogP contribution in [0.3, 0.4) is 0 Å². The second-order valence-corrected chi connectivity index (χ2v) is 7.05. The molecule has 0 radical (unpaired) electrons. The van der Waals surface area contributed by atoms with Crippen LogP contribution >= 0.6 is 0 Å². The highest BCUT2D eigenvalue weighted by Crippen LogP contribution is 2.49. The number of benzene rings is 1. The second-order valence-electron chi connectivity index (χ2n) is 7.05. The van der Waals surface area contributed by atoms with E-state index in [9.17, 15) is 18.0 Å². The first-order chi connectivity index (χ1) is 14.2. The van der Waals surface area contributed by atoms with Crippen LogP contribution in [0.25, 0.3) is 0 Å². The normalized spacial score (nSPS) is 18.8. The van der Waals surface area contributed by atoms with E-state index in [1.807, 2.05) is 6.92 Å². The van der Waals surface area contributed by atoms with Crippen LogP contribution in [-0.4, -0.2) is 37.9 Å². The molecule has 1 fully saturated rings. The molecule has 7 nitrogen and oxygen atoms in total. The average Bonchev–Trinajstić information content (AvgIpc) is 3.23. The summed E-state index contributed by atoms with van der Waals surface area (Å²) < 4.78 is 45.0. The Morgan fingerprint density at radius 1 is 1.20 bits per heavy atom. The van der Waals surface area contributed by atoms with Crippen LogP contribution in [0, 0.1) is 6.92 Å². The van der Waals surface area contributed by atoms with Gasteiger partial charge < -0.3 is 9.64 Å². The van der Waals surface area contributed by atoms with Crippen molar-refractivity contribution >= 4 is 23.2 Å². The molecule has 0 spiro atoms. The van der Waals surface area contributed by atoms with Crippen molar-refractivity contribution in [3.05, 3.63) is 47.3 Å². The monoisotopic (exact) mass is 422 g/mol. The third-order valence-electron chi connectivity index (χ3n) is 5.12. The number of aryl methyl sites for hydroxylation is 1. The highest BCUT2D eigenvalue weighted by atomic mass is 19.4. The number of amides is 1. The van der Waals surface area contributed by atoms with Crippen molar-refractivity contribution in [1.82, 2.24) is 4.98 Å². The van der Waals surface area contributed by atoms with Gasteiger partial charge in [0.15, 0.2) is 6.17 Å². The molecule has 0 saturated carbocycles. The Morgan fingerprint density at radius 2 is 1.93 bits per heavy atom. The van der Waals surface area contributed by atoms with Gasteiger partial charge in [-0.2, -0.15) is 13.2 Å². The van der Waals surface area contributed by atoms with Gasteiger partial charge in [-0.3, -0.25) is 14.7 Å². The Kier molecular flexibility index (Phi) is 4.97. The van der Waals surface area contributed by atoms with Gasteiger partial charge in [-0.05, 0) is 44.2 Å². The smallest absolute Gasteiger partial charge is 0.416 e. The molecule has 0 aliphatic carbocycles. The summed E-state index contributed by atoms with van der Waals surface area (Å²) in [6.45, 7) is 4.44. The maximum atomic E-state index is 13.3. The molecule has 2 aliphatic rings. The Bertz CT molecular complexity index is 982. The molecule has 1 aromatic carbocycles. The minimum absolute atomic E-state index is 0.243. The number of nitrogens with zero attached hydrogens (tertiary/aromatic N) is 4. The standard InChI is InChI=1S/C20H21F3N4O3/c1-4-30-27-16-11-13(20(21,22)23)6-8-14(16)25(3)18(27)17-15(7-5-12(2)24-17)26-9-10-29-19(26)28/h5-8,11,18H,4,9-10H2,1-3H3. The van der Waals surface area contributed by atoms with Crippen molar-refractivity contribution in [2.24, 2.45) is 0 Å². The molecule has 2 aromatic rings. The quantitative estimate of drug-likeness (QED) is 0.734. The van der Waals surface area contributed by atoms with E-state index in [1.165, 1.54) is 16.0 Å². The Morgan fingerprint density at radius 3 is 2.57 bits per heavy atom. The average molecular weight is 422 g/mol. The number of anilines is 3. The van der Waals surface area contributed by atoms with Crippen molar-refractivity contribution in [3.63, 3.8) is 0 Å². The van der Waals surface area contributed by atoms with Gasteiger partial charge in [0.05, 0.1) is 35.8 Å². The molecular formula is C20H21F3N4O3. The van der Waals surface area contributed by atoms with E-state index in [0.717, 1.165) is 12.1 Å². The van der Waals surface area contributed by atoms with Crippen LogP contribution in [0.2, 0.25) is 0 Å². The summed E-state index contributed by atoms with van der Waals surface area (Å²) in [5.74, 6) is 0. The molecular weight excluding hydrogens is 401 g/mol. The summed E-state index contributed by atoms with van der Waals surface area (Å²) in [7, 11) is 1.76. The van der Waals surface area contributed by atoms with Crippen LogP contribution in [0.5, 0.6) is 0 Å². The fourth-order valence-corrected chi connectivity index (χ4v) is 3.77. The number of cyclic esters (lactones) is 1. The third kappa shape index (κ3) is 3.30. The van der Waals surface area contributed by atoms with E-state index in [1.54, 1.807) is 31.0 Å². The molecule has 1 amide bonds. The number of carbonyl (C=O) groups excluding carboxylic acids is 1. The number of halogens is 3. The van der Waals surface area contributed by atoms with Gasteiger partial charge in [0.2, 0.25) is 0 Å². The van der Waals surface area contributed by atoms with E-state index in [4.69, 9.17) is 9.57 Å². The summed E-state index contributed by atoms with van der Waals surface area (Å²) in [6, 6.07) is 7.08. The van der Waals surface area contributed by atoms with Crippen LogP contribution in [0.15, 0.2) is 30.3 Å². The zero-order chi connectivity index (χ0) is 21.6. The highest BCUT2D eigenvalue weighted by molar-refractivity contribution is 5.90. The fraction of sp³-hybridized carbons (Fsp3) is 0.400. The lowest BCUT2D eigenvalue weighted by Crippen LogP contribution is -2.36. The molecule has 0 N–H and O–H groups in total. The molecule has 3 heterocycles. The van der Waals surface area contributed by atoms with Gasteiger partial charge in [-0.1, -0.05) is 0 Å². The molecule has 2 aliphatic heterocycles. The molecule has 1 unspecified atom stereocenters. The van der Waals surface area contributed by atoms with Gasteiger partial charge in [0.25, 0.3) is 0 Å². The van der Waals surface area contributed by atoms with E-state index < -0.39 is 24.0 Å². The molecule has 10 heteroatoms. The summed E-state index contributed by atoms with van der Waals surface area (Å²) >= 11 is 0. The molecule has 0 bridgehead atoms. The molecule has 160 valence electrons. The fourth-order valence-electron chi connectivity index (χ4n) is 3.77. The zero-order valence-corrected chi connectivity index (χ0v) is 16.7. The Hall–Kier alpha value is -3.01. The van der Waals surface area contributed by atoms with Crippen LogP contribution < -0.4 is 14.9 Å². The van der Waals surface area contributed by atoms with Crippen LogP contribution in [0.4, 0.5) is 35.0 Å². The lowest BCUT2D eigenvalue weighted by Gasteiger charge is -2.31. The number of ether oxygens (including phenoxy) is 1. The topological polar surface area (TPSA) is 58.1 Å². The van der Waals surface area contributed by atoms with E-state index in [-0.39, 0.29) is 18.9 Å². The minimum atomic E-state index is -4.48. The predicted molar refractivity (Wildman–Crippen MR) is 104 cm³/mol. The summed E-state index contributed by atoms with van der Waals surface area (Å²) in [6.07, 6.45) is -5.62. The van der Waals surface area contributed by atoms with Crippen molar-refractivity contribution < 1.29 is 27.5 Å². The Balaban J connectivity index is 1.84. The first kappa shape index (κ1) is 20.3. The number of carbonyl (C=O) groups is 1. The maximum Gasteiger partial charge on any atom is 0.416 e. The largest absolute Gasteiger partial charge is 0.447 e. The number of aromatic nitrogens is 1. The highest BCUT2D eigenvalue weighted by Gasteiger charge is 2.42. The molecule has 1 saturated heterocycles. The zero-order valence-electron chi connectivity index (χ0n) is 16.7. The van der Waals surface area contributed by atoms with E-state index >= 15 is 0 Å². The van der Waals surface area contributed by atoms with E-state index in [2.05, 4.69) is 4.98 Å². The van der Waals surface area contributed by atoms with Crippen LogP contribution in [-0.2, 0) is 15.8 Å². The summed E-state index contributed by atoms with van der Waals surface area (Å²) in [5.41, 5.74) is 1.83. The first-order valence-electron chi connectivity index (χ1n) is 9.50. The first-order valence-corrected chi connectivity index (χ1v) is 9.50. The summed E-state index contributed by atoms with van der Waals surface area (Å²) in [4.78, 5) is 25.9. The van der Waals surface area contributed by atoms with Gasteiger partial charge in [0, 0.05) is 12.7 Å². The number of rotatable bonds is 4.